The van der Waals surface area contributed by atoms with E-state index in [0.29, 0.717) is 19.6 Å². The fraction of sp³-hybridized carbons (Fsp3) is 0.684. The molecular formula is C19H29N5O2. The summed E-state index contributed by atoms with van der Waals surface area (Å²) in [6.45, 7) is 10.1. The first-order valence-electron chi connectivity index (χ1n) is 9.65. The highest BCUT2D eigenvalue weighted by Gasteiger charge is 2.31. The lowest BCUT2D eigenvalue weighted by Gasteiger charge is -2.31. The number of likely N-dealkylation sites (tertiary alicyclic amines) is 1. The van der Waals surface area contributed by atoms with E-state index in [1.807, 2.05) is 16.0 Å². The molecule has 1 fully saturated rings. The van der Waals surface area contributed by atoms with Gasteiger partial charge in [0.1, 0.15) is 0 Å². The highest BCUT2D eigenvalue weighted by molar-refractivity contribution is 5.78. The second-order valence-corrected chi connectivity index (χ2v) is 7.10. The van der Waals surface area contributed by atoms with Crippen molar-refractivity contribution in [1.29, 1.82) is 0 Å². The molecule has 1 saturated heterocycles. The molecule has 7 nitrogen and oxygen atoms in total. The zero-order valence-corrected chi connectivity index (χ0v) is 16.1. The first-order chi connectivity index (χ1) is 12.5. The molecule has 2 amide bonds. The molecular weight excluding hydrogens is 330 g/mol. The quantitative estimate of drug-likeness (QED) is 0.795. The summed E-state index contributed by atoms with van der Waals surface area (Å²) in [7, 11) is 0. The lowest BCUT2D eigenvalue weighted by molar-refractivity contribution is -0.133. The van der Waals surface area contributed by atoms with Crippen LogP contribution in [0.1, 0.15) is 56.7 Å². The Morgan fingerprint density at radius 1 is 1.27 bits per heavy atom. The van der Waals surface area contributed by atoms with E-state index >= 15 is 0 Å². The van der Waals surface area contributed by atoms with E-state index in [0.717, 1.165) is 56.0 Å². The van der Waals surface area contributed by atoms with Gasteiger partial charge in [0.15, 0.2) is 5.82 Å². The second kappa shape index (κ2) is 8.12. The van der Waals surface area contributed by atoms with Gasteiger partial charge in [0.05, 0.1) is 18.3 Å². The standard InChI is InChI=1S/C19H29N5O2/c1-4-22(5-2)13-18(26)23-10-8-16-15(12-23)11-20-19(21-16)17-7-6-9-24(17)14(3)25/h11,17H,4-10,12-13H2,1-3H3/t17-/m1/s1. The van der Waals surface area contributed by atoms with Gasteiger partial charge in [0.2, 0.25) is 11.8 Å². The van der Waals surface area contributed by atoms with Crippen molar-refractivity contribution in [2.45, 2.75) is 52.6 Å². The van der Waals surface area contributed by atoms with Crippen LogP contribution in [0.4, 0.5) is 0 Å². The molecule has 2 aliphatic heterocycles. The van der Waals surface area contributed by atoms with Crippen LogP contribution in [-0.2, 0) is 22.6 Å². The molecule has 26 heavy (non-hydrogen) atoms. The van der Waals surface area contributed by atoms with E-state index in [1.54, 1.807) is 6.92 Å². The van der Waals surface area contributed by atoms with Gasteiger partial charge in [-0.25, -0.2) is 9.97 Å². The van der Waals surface area contributed by atoms with Crippen molar-refractivity contribution in [3.63, 3.8) is 0 Å². The minimum absolute atomic E-state index is 0.000119. The number of rotatable bonds is 5. The lowest BCUT2D eigenvalue weighted by Crippen LogP contribution is -2.43. The molecule has 0 radical (unpaired) electrons. The van der Waals surface area contributed by atoms with Crippen LogP contribution in [0.15, 0.2) is 6.20 Å². The van der Waals surface area contributed by atoms with Crippen LogP contribution >= 0.6 is 0 Å². The fourth-order valence-electron chi connectivity index (χ4n) is 3.86. The topological polar surface area (TPSA) is 69.6 Å². The van der Waals surface area contributed by atoms with Gasteiger partial charge >= 0.3 is 0 Å². The summed E-state index contributed by atoms with van der Waals surface area (Å²) < 4.78 is 0. The predicted octanol–water partition coefficient (Wildman–Crippen LogP) is 1.39. The van der Waals surface area contributed by atoms with Crippen molar-refractivity contribution >= 4 is 11.8 Å². The van der Waals surface area contributed by atoms with Crippen molar-refractivity contribution in [2.24, 2.45) is 0 Å². The number of fused-ring (bicyclic) bond motifs is 1. The molecule has 0 aliphatic carbocycles. The van der Waals surface area contributed by atoms with Crippen LogP contribution in [0.2, 0.25) is 0 Å². The average molecular weight is 359 g/mol. The van der Waals surface area contributed by atoms with E-state index in [-0.39, 0.29) is 17.9 Å². The fourth-order valence-corrected chi connectivity index (χ4v) is 3.86. The van der Waals surface area contributed by atoms with Gasteiger partial charge in [-0.1, -0.05) is 13.8 Å². The maximum atomic E-state index is 12.5. The third kappa shape index (κ3) is 3.87. The van der Waals surface area contributed by atoms with Crippen molar-refractivity contribution in [2.75, 3.05) is 32.7 Å². The highest BCUT2D eigenvalue weighted by Crippen LogP contribution is 2.30. The van der Waals surface area contributed by atoms with Crippen LogP contribution in [-0.4, -0.2) is 69.2 Å². The van der Waals surface area contributed by atoms with E-state index < -0.39 is 0 Å². The van der Waals surface area contributed by atoms with Crippen LogP contribution < -0.4 is 0 Å². The molecule has 0 saturated carbocycles. The van der Waals surface area contributed by atoms with Gasteiger partial charge in [-0.15, -0.1) is 0 Å². The summed E-state index contributed by atoms with van der Waals surface area (Å²) in [6, 6.07) is 0.000119. The molecule has 1 atom stereocenters. The molecule has 0 unspecified atom stereocenters. The van der Waals surface area contributed by atoms with Crippen molar-refractivity contribution in [1.82, 2.24) is 24.7 Å². The zero-order valence-electron chi connectivity index (χ0n) is 16.1. The lowest BCUT2D eigenvalue weighted by atomic mass is 10.1. The van der Waals surface area contributed by atoms with E-state index in [1.165, 1.54) is 0 Å². The monoisotopic (exact) mass is 359 g/mol. The average Bonchev–Trinajstić information content (AvgIpc) is 3.15. The van der Waals surface area contributed by atoms with Gasteiger partial charge in [0, 0.05) is 44.7 Å². The molecule has 1 aromatic rings. The molecule has 0 bridgehead atoms. The third-order valence-corrected chi connectivity index (χ3v) is 5.51. The predicted molar refractivity (Wildman–Crippen MR) is 98.3 cm³/mol. The first kappa shape index (κ1) is 18.8. The number of amides is 2. The Labute approximate surface area is 155 Å². The Morgan fingerprint density at radius 3 is 2.73 bits per heavy atom. The number of nitrogens with zero attached hydrogens (tertiary/aromatic N) is 5. The maximum absolute atomic E-state index is 12.5. The Bertz CT molecular complexity index is 674. The Kier molecular flexibility index (Phi) is 5.86. The van der Waals surface area contributed by atoms with Gasteiger partial charge < -0.3 is 9.80 Å². The van der Waals surface area contributed by atoms with Crippen LogP contribution in [0.5, 0.6) is 0 Å². The summed E-state index contributed by atoms with van der Waals surface area (Å²) in [5, 5.41) is 0. The van der Waals surface area contributed by atoms with Crippen LogP contribution in [0.3, 0.4) is 0 Å². The number of hydrogen-bond acceptors (Lipinski definition) is 5. The third-order valence-electron chi connectivity index (χ3n) is 5.51. The summed E-state index contributed by atoms with van der Waals surface area (Å²) in [4.78, 5) is 39.5. The smallest absolute Gasteiger partial charge is 0.237 e. The second-order valence-electron chi connectivity index (χ2n) is 7.10. The molecule has 0 N–H and O–H groups in total. The molecule has 2 aliphatic rings. The minimum atomic E-state index is 0.000119. The molecule has 142 valence electrons. The highest BCUT2D eigenvalue weighted by atomic mass is 16.2. The number of aromatic nitrogens is 2. The maximum Gasteiger partial charge on any atom is 0.237 e. The van der Waals surface area contributed by atoms with Crippen LogP contribution in [0.25, 0.3) is 0 Å². The van der Waals surface area contributed by atoms with Crippen molar-refractivity contribution in [3.05, 3.63) is 23.3 Å². The summed E-state index contributed by atoms with van der Waals surface area (Å²) >= 11 is 0. The van der Waals surface area contributed by atoms with Crippen molar-refractivity contribution in [3.8, 4) is 0 Å². The first-order valence-corrected chi connectivity index (χ1v) is 9.65. The molecule has 0 aromatic carbocycles. The summed E-state index contributed by atoms with van der Waals surface area (Å²) in [6.07, 6.45) is 4.53. The Hall–Kier alpha value is -2.02. The molecule has 3 heterocycles. The normalized spacial score (nSPS) is 19.8. The molecule has 3 rings (SSSR count). The number of carbonyl (C=O) groups excluding carboxylic acids is 2. The number of carbonyl (C=O) groups is 2. The van der Waals surface area contributed by atoms with Gasteiger partial charge in [-0.3, -0.25) is 14.5 Å². The molecule has 0 spiro atoms. The SMILES string of the molecule is CCN(CC)CC(=O)N1CCc2nc([C@H]3CCCN3C(C)=O)ncc2C1. The van der Waals surface area contributed by atoms with E-state index in [2.05, 4.69) is 23.7 Å². The zero-order chi connectivity index (χ0) is 18.7. The number of likely N-dealkylation sites (N-methyl/N-ethyl adjacent to an activating group) is 1. The van der Waals surface area contributed by atoms with Gasteiger partial charge in [-0.05, 0) is 25.9 Å². The van der Waals surface area contributed by atoms with Gasteiger partial charge in [0.25, 0.3) is 0 Å². The van der Waals surface area contributed by atoms with E-state index in [9.17, 15) is 9.59 Å². The summed E-state index contributed by atoms with van der Waals surface area (Å²) in [5.74, 6) is 1.00. The minimum Gasteiger partial charge on any atom is -0.337 e. The molecule has 1 aromatic heterocycles. The Morgan fingerprint density at radius 2 is 2.04 bits per heavy atom. The van der Waals surface area contributed by atoms with E-state index in [4.69, 9.17) is 4.98 Å². The summed E-state index contributed by atoms with van der Waals surface area (Å²) in [5.41, 5.74) is 2.05. The Balaban J connectivity index is 1.69. The van der Waals surface area contributed by atoms with Crippen molar-refractivity contribution < 1.29 is 9.59 Å². The molecule has 7 heteroatoms. The number of hydrogen-bond donors (Lipinski definition) is 0. The van der Waals surface area contributed by atoms with Crippen LogP contribution in [0, 0.1) is 0 Å². The largest absolute Gasteiger partial charge is 0.337 e. The van der Waals surface area contributed by atoms with Gasteiger partial charge in [-0.2, -0.15) is 0 Å².